The molecule has 4 rings (SSSR count). The van der Waals surface area contributed by atoms with Gasteiger partial charge in [0.2, 0.25) is 0 Å². The molecule has 2 heterocycles. The first kappa shape index (κ1) is 17.1. The molecule has 0 spiro atoms. The van der Waals surface area contributed by atoms with Crippen LogP contribution in [0.4, 0.5) is 0 Å². The van der Waals surface area contributed by atoms with Crippen LogP contribution in [0.15, 0.2) is 42.5 Å². The van der Waals surface area contributed by atoms with E-state index in [2.05, 4.69) is 59.6 Å². The molecule has 134 valence electrons. The van der Waals surface area contributed by atoms with E-state index in [1.807, 2.05) is 0 Å². The minimum absolute atomic E-state index is 0.590. The van der Waals surface area contributed by atoms with Gasteiger partial charge in [-0.05, 0) is 74.0 Å². The molecule has 2 aliphatic rings. The number of hydrogen-bond donors (Lipinski definition) is 1. The predicted octanol–water partition coefficient (Wildman–Crippen LogP) is 5.15. The number of likely N-dealkylation sites (tertiary alicyclic amines) is 1. The van der Waals surface area contributed by atoms with Crippen molar-refractivity contribution in [1.82, 2.24) is 10.2 Å². The van der Waals surface area contributed by atoms with E-state index >= 15 is 0 Å². The summed E-state index contributed by atoms with van der Waals surface area (Å²) in [6.45, 7) is 6.08. The van der Waals surface area contributed by atoms with Crippen LogP contribution in [0.5, 0.6) is 0 Å². The SMILES string of the molecule is CCC(C1CCCNC1)N1CCCCC1c1cccc2ccccc12. The van der Waals surface area contributed by atoms with Gasteiger partial charge in [0, 0.05) is 12.1 Å². The Balaban J connectivity index is 1.68. The van der Waals surface area contributed by atoms with Gasteiger partial charge >= 0.3 is 0 Å². The fourth-order valence-electron chi connectivity index (χ4n) is 5.27. The van der Waals surface area contributed by atoms with Crippen LogP contribution in [-0.2, 0) is 0 Å². The van der Waals surface area contributed by atoms with Crippen LogP contribution in [-0.4, -0.2) is 30.6 Å². The molecule has 0 radical (unpaired) electrons. The lowest BCUT2D eigenvalue weighted by Gasteiger charge is -2.45. The Hall–Kier alpha value is -1.38. The second-order valence-corrected chi connectivity index (χ2v) is 7.90. The van der Waals surface area contributed by atoms with Crippen molar-refractivity contribution < 1.29 is 0 Å². The lowest BCUT2D eigenvalue weighted by molar-refractivity contribution is 0.0499. The first-order valence-electron chi connectivity index (χ1n) is 10.3. The zero-order valence-corrected chi connectivity index (χ0v) is 15.6. The van der Waals surface area contributed by atoms with E-state index in [1.54, 1.807) is 5.56 Å². The molecule has 2 aromatic carbocycles. The molecule has 3 unspecified atom stereocenters. The van der Waals surface area contributed by atoms with Crippen molar-refractivity contribution >= 4 is 10.8 Å². The van der Waals surface area contributed by atoms with Crippen LogP contribution in [0.3, 0.4) is 0 Å². The third-order valence-corrected chi connectivity index (χ3v) is 6.45. The summed E-state index contributed by atoms with van der Waals surface area (Å²) in [4.78, 5) is 2.88. The molecule has 0 bridgehead atoms. The fraction of sp³-hybridized carbons (Fsp3) is 0.565. The number of rotatable bonds is 4. The average Bonchev–Trinajstić information content (AvgIpc) is 2.69. The van der Waals surface area contributed by atoms with Crippen LogP contribution in [0.25, 0.3) is 10.8 Å². The van der Waals surface area contributed by atoms with E-state index in [1.165, 1.54) is 68.9 Å². The lowest BCUT2D eigenvalue weighted by atomic mass is 9.84. The number of hydrogen-bond acceptors (Lipinski definition) is 2. The van der Waals surface area contributed by atoms with Crippen molar-refractivity contribution in [3.8, 4) is 0 Å². The molecule has 25 heavy (non-hydrogen) atoms. The quantitative estimate of drug-likeness (QED) is 0.831. The standard InChI is InChI=1S/C23H32N2/c1-2-22(19-11-8-15-24-17-19)25-16-6-5-14-23(25)21-13-7-10-18-9-3-4-12-20(18)21/h3-4,7,9-10,12-13,19,22-24H,2,5-6,8,11,14-17H2,1H3. The summed E-state index contributed by atoms with van der Waals surface area (Å²) in [6, 6.07) is 17.1. The zero-order valence-electron chi connectivity index (χ0n) is 15.6. The largest absolute Gasteiger partial charge is 0.316 e. The minimum atomic E-state index is 0.590. The van der Waals surface area contributed by atoms with Crippen molar-refractivity contribution in [2.75, 3.05) is 19.6 Å². The molecule has 0 aromatic heterocycles. The van der Waals surface area contributed by atoms with Crippen molar-refractivity contribution in [2.45, 2.75) is 57.5 Å². The number of benzene rings is 2. The van der Waals surface area contributed by atoms with Gasteiger partial charge in [0.05, 0.1) is 0 Å². The zero-order chi connectivity index (χ0) is 17.1. The minimum Gasteiger partial charge on any atom is -0.316 e. The average molecular weight is 337 g/mol. The second kappa shape index (κ2) is 7.88. The van der Waals surface area contributed by atoms with Gasteiger partial charge in [-0.3, -0.25) is 4.90 Å². The number of piperidine rings is 2. The molecule has 0 amide bonds. The summed E-state index contributed by atoms with van der Waals surface area (Å²) in [5.41, 5.74) is 1.56. The first-order chi connectivity index (χ1) is 12.4. The molecule has 0 saturated carbocycles. The summed E-state index contributed by atoms with van der Waals surface area (Å²) in [7, 11) is 0. The number of nitrogens with one attached hydrogen (secondary N) is 1. The van der Waals surface area contributed by atoms with Gasteiger partial charge in [-0.1, -0.05) is 55.8 Å². The van der Waals surface area contributed by atoms with Crippen LogP contribution < -0.4 is 5.32 Å². The summed E-state index contributed by atoms with van der Waals surface area (Å²) in [6.07, 6.45) is 8.04. The van der Waals surface area contributed by atoms with E-state index < -0.39 is 0 Å². The fourth-order valence-corrected chi connectivity index (χ4v) is 5.27. The Morgan fingerprint density at radius 1 is 1.04 bits per heavy atom. The van der Waals surface area contributed by atoms with Gasteiger partial charge in [0.25, 0.3) is 0 Å². The maximum absolute atomic E-state index is 3.65. The lowest BCUT2D eigenvalue weighted by Crippen LogP contribution is -2.49. The Labute approximate surface area is 152 Å². The normalized spacial score (nSPS) is 26.6. The van der Waals surface area contributed by atoms with E-state index in [4.69, 9.17) is 0 Å². The molecule has 2 saturated heterocycles. The molecule has 2 aliphatic heterocycles. The van der Waals surface area contributed by atoms with E-state index in [-0.39, 0.29) is 0 Å². The van der Waals surface area contributed by atoms with Crippen LogP contribution >= 0.6 is 0 Å². The smallest absolute Gasteiger partial charge is 0.0357 e. The van der Waals surface area contributed by atoms with Gasteiger partial charge in [0.15, 0.2) is 0 Å². The third kappa shape index (κ3) is 3.47. The third-order valence-electron chi connectivity index (χ3n) is 6.45. The van der Waals surface area contributed by atoms with Gasteiger partial charge in [-0.15, -0.1) is 0 Å². The van der Waals surface area contributed by atoms with Crippen molar-refractivity contribution in [3.63, 3.8) is 0 Å². The summed E-state index contributed by atoms with van der Waals surface area (Å²) >= 11 is 0. The topological polar surface area (TPSA) is 15.3 Å². The first-order valence-corrected chi connectivity index (χ1v) is 10.3. The monoisotopic (exact) mass is 336 g/mol. The maximum Gasteiger partial charge on any atom is 0.0357 e. The Kier molecular flexibility index (Phi) is 5.38. The summed E-state index contributed by atoms with van der Waals surface area (Å²) in [5, 5.41) is 6.49. The highest BCUT2D eigenvalue weighted by atomic mass is 15.2. The predicted molar refractivity (Wildman–Crippen MR) is 107 cm³/mol. The van der Waals surface area contributed by atoms with Crippen LogP contribution in [0.2, 0.25) is 0 Å². The highest BCUT2D eigenvalue weighted by Gasteiger charge is 2.34. The van der Waals surface area contributed by atoms with Crippen LogP contribution in [0.1, 0.15) is 57.1 Å². The van der Waals surface area contributed by atoms with Crippen molar-refractivity contribution in [3.05, 3.63) is 48.0 Å². The number of nitrogens with zero attached hydrogens (tertiary/aromatic N) is 1. The molecule has 3 atom stereocenters. The highest BCUT2D eigenvalue weighted by molar-refractivity contribution is 5.86. The molecule has 0 aliphatic carbocycles. The van der Waals surface area contributed by atoms with Gasteiger partial charge in [-0.25, -0.2) is 0 Å². The molecule has 1 N–H and O–H groups in total. The number of fused-ring (bicyclic) bond motifs is 1. The molecule has 2 aromatic rings. The summed E-state index contributed by atoms with van der Waals surface area (Å²) in [5.74, 6) is 0.814. The van der Waals surface area contributed by atoms with Crippen molar-refractivity contribution in [2.24, 2.45) is 5.92 Å². The molecular weight excluding hydrogens is 304 g/mol. The molecule has 2 fully saturated rings. The van der Waals surface area contributed by atoms with Gasteiger partial charge in [0.1, 0.15) is 0 Å². The highest BCUT2D eigenvalue weighted by Crippen LogP contribution is 2.39. The van der Waals surface area contributed by atoms with Gasteiger partial charge < -0.3 is 5.32 Å². The van der Waals surface area contributed by atoms with E-state index in [0.717, 1.165) is 12.0 Å². The maximum atomic E-state index is 3.65. The molecular formula is C23H32N2. The summed E-state index contributed by atoms with van der Waals surface area (Å²) < 4.78 is 0. The Bertz CT molecular complexity index is 684. The molecule has 2 heteroatoms. The Morgan fingerprint density at radius 2 is 1.92 bits per heavy atom. The van der Waals surface area contributed by atoms with E-state index in [9.17, 15) is 0 Å². The van der Waals surface area contributed by atoms with Crippen molar-refractivity contribution in [1.29, 1.82) is 0 Å². The second-order valence-electron chi connectivity index (χ2n) is 7.90. The molecule has 2 nitrogen and oxygen atoms in total. The Morgan fingerprint density at radius 3 is 2.76 bits per heavy atom. The van der Waals surface area contributed by atoms with Gasteiger partial charge in [-0.2, -0.15) is 0 Å². The van der Waals surface area contributed by atoms with E-state index in [0.29, 0.717) is 6.04 Å². The van der Waals surface area contributed by atoms with Crippen LogP contribution in [0, 0.1) is 5.92 Å².